The third-order valence-electron chi connectivity index (χ3n) is 4.00. The van der Waals surface area contributed by atoms with E-state index in [1.807, 2.05) is 18.2 Å². The van der Waals surface area contributed by atoms with Crippen molar-refractivity contribution in [3.05, 3.63) is 106 Å². The molecular weight excluding hydrogens is 402 g/mol. The molecule has 0 aliphatic heterocycles. The Morgan fingerprint density at radius 2 is 1.60 bits per heavy atom. The number of nitrogens with zero attached hydrogens (tertiary/aromatic N) is 1. The van der Waals surface area contributed by atoms with E-state index in [0.29, 0.717) is 16.1 Å². The molecule has 6 nitrogen and oxygen atoms in total. The summed E-state index contributed by atoms with van der Waals surface area (Å²) in [5.74, 6) is -1.08. The minimum absolute atomic E-state index is 0.0162. The van der Waals surface area contributed by atoms with Crippen molar-refractivity contribution in [3.63, 3.8) is 0 Å². The van der Waals surface area contributed by atoms with E-state index in [2.05, 4.69) is 15.8 Å². The highest BCUT2D eigenvalue weighted by molar-refractivity contribution is 6.30. The molecule has 0 aromatic heterocycles. The molecule has 0 fully saturated rings. The summed E-state index contributed by atoms with van der Waals surface area (Å²) in [4.78, 5) is 25.2. The third kappa shape index (κ3) is 5.80. The van der Waals surface area contributed by atoms with Crippen LogP contribution in [0.25, 0.3) is 6.08 Å². The number of amides is 2. The second-order valence-corrected chi connectivity index (χ2v) is 6.63. The number of benzene rings is 3. The summed E-state index contributed by atoms with van der Waals surface area (Å²) in [6.45, 7) is 0. The molecule has 30 heavy (non-hydrogen) atoms. The van der Waals surface area contributed by atoms with Gasteiger partial charge < -0.3 is 10.4 Å². The van der Waals surface area contributed by atoms with Crippen LogP contribution in [0.15, 0.2) is 89.7 Å². The first kappa shape index (κ1) is 20.8. The number of halogens is 1. The minimum atomic E-state index is -0.624. The first-order valence-corrected chi connectivity index (χ1v) is 9.36. The number of hydrogen-bond acceptors (Lipinski definition) is 4. The number of phenols is 1. The first-order chi connectivity index (χ1) is 14.5. The first-order valence-electron chi connectivity index (χ1n) is 8.98. The molecule has 0 saturated carbocycles. The summed E-state index contributed by atoms with van der Waals surface area (Å²) in [6.07, 6.45) is 2.81. The zero-order valence-corrected chi connectivity index (χ0v) is 16.5. The summed E-state index contributed by atoms with van der Waals surface area (Å²) in [7, 11) is 0. The SMILES string of the molecule is O=C(N/N=C/c1cc(Cl)ccc1O)/C(=C/c1ccccc1)NC(=O)c1ccccc1. The highest BCUT2D eigenvalue weighted by atomic mass is 35.5. The second-order valence-electron chi connectivity index (χ2n) is 6.19. The maximum absolute atomic E-state index is 12.7. The molecule has 0 saturated heterocycles. The molecule has 0 unspecified atom stereocenters. The average molecular weight is 420 g/mol. The van der Waals surface area contributed by atoms with E-state index in [0.717, 1.165) is 5.56 Å². The van der Waals surface area contributed by atoms with Gasteiger partial charge in [-0.25, -0.2) is 5.43 Å². The van der Waals surface area contributed by atoms with Crippen molar-refractivity contribution in [3.8, 4) is 5.75 Å². The lowest BCUT2D eigenvalue weighted by molar-refractivity contribution is -0.117. The number of aromatic hydroxyl groups is 1. The van der Waals surface area contributed by atoms with E-state index in [1.165, 1.54) is 24.4 Å². The number of hydrazone groups is 1. The lowest BCUT2D eigenvalue weighted by atomic mass is 10.1. The Balaban J connectivity index is 1.79. The molecular formula is C23H18ClN3O3. The van der Waals surface area contributed by atoms with Crippen LogP contribution < -0.4 is 10.7 Å². The van der Waals surface area contributed by atoms with E-state index < -0.39 is 11.8 Å². The maximum atomic E-state index is 12.7. The summed E-state index contributed by atoms with van der Waals surface area (Å²) in [6, 6.07) is 22.1. The standard InChI is InChI=1S/C23H18ClN3O3/c24-19-11-12-21(28)18(14-19)15-25-27-23(30)20(13-16-7-3-1-4-8-16)26-22(29)17-9-5-2-6-10-17/h1-15,28H,(H,26,29)(H,27,30)/b20-13-,25-15+. The van der Waals surface area contributed by atoms with E-state index >= 15 is 0 Å². The lowest BCUT2D eigenvalue weighted by Crippen LogP contribution is -2.32. The average Bonchev–Trinajstić information content (AvgIpc) is 2.77. The molecule has 7 heteroatoms. The van der Waals surface area contributed by atoms with Crippen LogP contribution in [0.4, 0.5) is 0 Å². The number of carbonyl (C=O) groups is 2. The van der Waals surface area contributed by atoms with Crippen LogP contribution in [0.3, 0.4) is 0 Å². The highest BCUT2D eigenvalue weighted by Crippen LogP contribution is 2.19. The summed E-state index contributed by atoms with van der Waals surface area (Å²) in [5.41, 5.74) is 3.84. The molecule has 150 valence electrons. The van der Waals surface area contributed by atoms with Gasteiger partial charge in [0.1, 0.15) is 11.4 Å². The zero-order valence-electron chi connectivity index (χ0n) is 15.7. The van der Waals surface area contributed by atoms with Gasteiger partial charge in [0, 0.05) is 16.1 Å². The molecule has 0 aliphatic carbocycles. The number of rotatable bonds is 6. The van der Waals surface area contributed by atoms with Gasteiger partial charge >= 0.3 is 0 Å². The summed E-state index contributed by atoms with van der Waals surface area (Å²) in [5, 5.41) is 16.7. The molecule has 0 spiro atoms. The molecule has 3 rings (SSSR count). The molecule has 2 amide bonds. The molecule has 0 heterocycles. The largest absolute Gasteiger partial charge is 0.507 e. The molecule has 3 aromatic carbocycles. The number of phenolic OH excluding ortho intramolecular Hbond substituents is 1. The van der Waals surface area contributed by atoms with Gasteiger partial charge in [-0.1, -0.05) is 60.1 Å². The van der Waals surface area contributed by atoms with E-state index in [1.54, 1.807) is 48.5 Å². The summed E-state index contributed by atoms with van der Waals surface area (Å²) < 4.78 is 0. The Morgan fingerprint density at radius 3 is 2.30 bits per heavy atom. The Bertz CT molecular complexity index is 1100. The third-order valence-corrected chi connectivity index (χ3v) is 4.23. The monoisotopic (exact) mass is 419 g/mol. The van der Waals surface area contributed by atoms with Crippen molar-refractivity contribution in [2.24, 2.45) is 5.10 Å². The molecule has 3 aromatic rings. The van der Waals surface area contributed by atoms with Gasteiger partial charge in [-0.2, -0.15) is 5.10 Å². The number of nitrogens with one attached hydrogen (secondary N) is 2. The van der Waals surface area contributed by atoms with Crippen LogP contribution in [0.2, 0.25) is 5.02 Å². The number of hydrogen-bond donors (Lipinski definition) is 3. The highest BCUT2D eigenvalue weighted by Gasteiger charge is 2.14. The Kier molecular flexibility index (Phi) is 6.97. The zero-order chi connectivity index (χ0) is 21.3. The van der Waals surface area contributed by atoms with Gasteiger partial charge in [-0.15, -0.1) is 0 Å². The van der Waals surface area contributed by atoms with Crippen LogP contribution in [0.1, 0.15) is 21.5 Å². The lowest BCUT2D eigenvalue weighted by Gasteiger charge is -2.09. The van der Waals surface area contributed by atoms with Gasteiger partial charge in [0.2, 0.25) is 0 Å². The van der Waals surface area contributed by atoms with Crippen molar-refractivity contribution in [1.29, 1.82) is 0 Å². The van der Waals surface area contributed by atoms with Crippen LogP contribution in [0, 0.1) is 0 Å². The normalized spacial score (nSPS) is 11.3. The van der Waals surface area contributed by atoms with Crippen molar-refractivity contribution >= 4 is 35.7 Å². The minimum Gasteiger partial charge on any atom is -0.507 e. The van der Waals surface area contributed by atoms with Gasteiger partial charge in [0.25, 0.3) is 11.8 Å². The van der Waals surface area contributed by atoms with Crippen LogP contribution in [-0.2, 0) is 4.79 Å². The van der Waals surface area contributed by atoms with Crippen molar-refractivity contribution in [2.45, 2.75) is 0 Å². The fraction of sp³-hybridized carbons (Fsp3) is 0. The predicted molar refractivity (Wildman–Crippen MR) is 117 cm³/mol. The van der Waals surface area contributed by atoms with Gasteiger partial charge in [0.05, 0.1) is 6.21 Å². The molecule has 3 N–H and O–H groups in total. The van der Waals surface area contributed by atoms with Gasteiger partial charge in [-0.05, 0) is 42.0 Å². The van der Waals surface area contributed by atoms with Crippen molar-refractivity contribution in [1.82, 2.24) is 10.7 Å². The molecule has 0 aliphatic rings. The predicted octanol–water partition coefficient (Wildman–Crippen LogP) is 3.97. The van der Waals surface area contributed by atoms with Crippen LogP contribution in [-0.4, -0.2) is 23.1 Å². The maximum Gasteiger partial charge on any atom is 0.287 e. The second kappa shape index (κ2) is 10.0. The van der Waals surface area contributed by atoms with E-state index in [9.17, 15) is 14.7 Å². The van der Waals surface area contributed by atoms with Crippen LogP contribution >= 0.6 is 11.6 Å². The fourth-order valence-electron chi connectivity index (χ4n) is 2.51. The quantitative estimate of drug-likeness (QED) is 0.321. The topological polar surface area (TPSA) is 90.8 Å². The van der Waals surface area contributed by atoms with E-state index in [4.69, 9.17) is 11.6 Å². The van der Waals surface area contributed by atoms with Gasteiger partial charge in [-0.3, -0.25) is 9.59 Å². The van der Waals surface area contributed by atoms with E-state index in [-0.39, 0.29) is 11.4 Å². The molecule has 0 bridgehead atoms. The Hall–Kier alpha value is -3.90. The van der Waals surface area contributed by atoms with Gasteiger partial charge in [0.15, 0.2) is 0 Å². The summed E-state index contributed by atoms with van der Waals surface area (Å²) >= 11 is 5.90. The Labute approximate surface area is 178 Å². The van der Waals surface area contributed by atoms with Crippen LogP contribution in [0.5, 0.6) is 5.75 Å². The number of carbonyl (C=O) groups excluding carboxylic acids is 2. The van der Waals surface area contributed by atoms with Crippen molar-refractivity contribution in [2.75, 3.05) is 0 Å². The van der Waals surface area contributed by atoms with Crippen molar-refractivity contribution < 1.29 is 14.7 Å². The molecule has 0 radical (unpaired) electrons. The fourth-order valence-corrected chi connectivity index (χ4v) is 2.69. The Morgan fingerprint density at radius 1 is 0.933 bits per heavy atom. The smallest absolute Gasteiger partial charge is 0.287 e. The molecule has 0 atom stereocenters.